The molecule has 2 aromatic carbocycles. The number of nitrogens with zero attached hydrogens (tertiary/aromatic N) is 1. The van der Waals surface area contributed by atoms with Crippen molar-refractivity contribution in [2.75, 3.05) is 11.9 Å². The van der Waals surface area contributed by atoms with Gasteiger partial charge in [-0.25, -0.2) is 4.79 Å². The Balaban J connectivity index is 1.57. The Labute approximate surface area is 199 Å². The van der Waals surface area contributed by atoms with E-state index >= 15 is 0 Å². The van der Waals surface area contributed by atoms with Crippen LogP contribution in [0.15, 0.2) is 48.5 Å². The molecule has 34 heavy (non-hydrogen) atoms. The molecule has 0 radical (unpaired) electrons. The number of benzene rings is 2. The third-order valence-electron chi connectivity index (χ3n) is 6.58. The number of hydrogen-bond acceptors (Lipinski definition) is 5. The van der Waals surface area contributed by atoms with Crippen molar-refractivity contribution < 1.29 is 19.1 Å². The van der Waals surface area contributed by atoms with E-state index in [1.807, 2.05) is 24.3 Å². The molecular weight excluding hydrogens is 428 g/mol. The Morgan fingerprint density at radius 3 is 2.59 bits per heavy atom. The van der Waals surface area contributed by atoms with Gasteiger partial charge in [-0.1, -0.05) is 51.1 Å². The van der Waals surface area contributed by atoms with Crippen LogP contribution >= 0.6 is 0 Å². The molecule has 0 aliphatic heterocycles. The fourth-order valence-electron chi connectivity index (χ4n) is 4.58. The number of anilines is 1. The van der Waals surface area contributed by atoms with Crippen LogP contribution in [0.4, 0.5) is 5.69 Å². The molecule has 0 spiro atoms. The van der Waals surface area contributed by atoms with E-state index in [1.165, 1.54) is 6.92 Å². The molecule has 6 nitrogen and oxygen atoms in total. The minimum absolute atomic E-state index is 0.0922. The number of aryl methyl sites for hydroxylation is 1. The third-order valence-corrected chi connectivity index (χ3v) is 6.58. The molecule has 6 heteroatoms. The standard InChI is InChI=1S/C28H30N2O4/c1-17(31)18-8-7-9-20(14-18)29-25(32)16-34-27(33)26-21-10-5-6-11-23(21)30-24-13-12-19(15-22(24)26)28(2,3)4/h5-11,14,19H,12-13,15-16H2,1-4H3,(H,29,32)/t19-/m1/s1. The number of pyridine rings is 1. The summed E-state index contributed by atoms with van der Waals surface area (Å²) in [6.07, 6.45) is 2.60. The van der Waals surface area contributed by atoms with Crippen LogP contribution in [0, 0.1) is 11.3 Å². The Bertz CT molecular complexity index is 1270. The highest BCUT2D eigenvalue weighted by molar-refractivity contribution is 6.06. The molecule has 1 heterocycles. The lowest BCUT2D eigenvalue weighted by Gasteiger charge is -2.35. The van der Waals surface area contributed by atoms with Crippen molar-refractivity contribution in [1.29, 1.82) is 0 Å². The van der Waals surface area contributed by atoms with Gasteiger partial charge < -0.3 is 10.1 Å². The van der Waals surface area contributed by atoms with E-state index in [4.69, 9.17) is 9.72 Å². The van der Waals surface area contributed by atoms with Crippen molar-refractivity contribution in [1.82, 2.24) is 4.98 Å². The van der Waals surface area contributed by atoms with Crippen LogP contribution in [0.1, 0.15) is 66.1 Å². The lowest BCUT2D eigenvalue weighted by Crippen LogP contribution is -2.29. The van der Waals surface area contributed by atoms with Gasteiger partial charge in [0.25, 0.3) is 5.91 Å². The summed E-state index contributed by atoms with van der Waals surface area (Å²) in [4.78, 5) is 42.2. The van der Waals surface area contributed by atoms with Gasteiger partial charge in [-0.2, -0.15) is 0 Å². The van der Waals surface area contributed by atoms with Gasteiger partial charge in [-0.3, -0.25) is 14.6 Å². The van der Waals surface area contributed by atoms with Gasteiger partial charge in [0.2, 0.25) is 0 Å². The van der Waals surface area contributed by atoms with Crippen LogP contribution in [0.5, 0.6) is 0 Å². The highest BCUT2D eigenvalue weighted by Gasteiger charge is 2.33. The molecule has 0 saturated carbocycles. The Morgan fingerprint density at radius 1 is 1.09 bits per heavy atom. The molecule has 1 N–H and O–H groups in total. The van der Waals surface area contributed by atoms with Gasteiger partial charge in [0.05, 0.1) is 11.1 Å². The van der Waals surface area contributed by atoms with Gasteiger partial charge >= 0.3 is 5.97 Å². The average Bonchev–Trinajstić information content (AvgIpc) is 2.80. The smallest absolute Gasteiger partial charge is 0.339 e. The zero-order valence-corrected chi connectivity index (χ0v) is 20.1. The maximum atomic E-state index is 13.3. The molecule has 176 valence electrons. The summed E-state index contributed by atoms with van der Waals surface area (Å²) in [6, 6.07) is 14.2. The van der Waals surface area contributed by atoms with E-state index in [9.17, 15) is 14.4 Å². The number of hydrogen-bond donors (Lipinski definition) is 1. The number of esters is 1. The van der Waals surface area contributed by atoms with Crippen molar-refractivity contribution in [2.24, 2.45) is 11.3 Å². The quantitative estimate of drug-likeness (QED) is 0.410. The van der Waals surface area contributed by atoms with Gasteiger partial charge in [0.15, 0.2) is 12.4 Å². The van der Waals surface area contributed by atoms with E-state index in [0.717, 1.165) is 41.4 Å². The summed E-state index contributed by atoms with van der Waals surface area (Å²) in [7, 11) is 0. The first kappa shape index (κ1) is 23.6. The van der Waals surface area contributed by atoms with Gasteiger partial charge in [-0.05, 0) is 61.3 Å². The summed E-state index contributed by atoms with van der Waals surface area (Å²) >= 11 is 0. The normalized spacial score (nSPS) is 15.5. The van der Waals surface area contributed by atoms with Crippen LogP contribution in [0.25, 0.3) is 10.9 Å². The zero-order chi connectivity index (χ0) is 24.5. The van der Waals surface area contributed by atoms with Crippen LogP contribution in [-0.4, -0.2) is 29.3 Å². The molecule has 0 bridgehead atoms. The highest BCUT2D eigenvalue weighted by Crippen LogP contribution is 2.39. The molecular formula is C28H30N2O4. The van der Waals surface area contributed by atoms with Crippen LogP contribution in [-0.2, 0) is 22.4 Å². The third kappa shape index (κ3) is 5.01. The van der Waals surface area contributed by atoms with Crippen molar-refractivity contribution in [3.8, 4) is 0 Å². The average molecular weight is 459 g/mol. The number of amides is 1. The Morgan fingerprint density at radius 2 is 1.85 bits per heavy atom. The molecule has 1 atom stereocenters. The van der Waals surface area contributed by atoms with Crippen molar-refractivity contribution >= 4 is 34.3 Å². The van der Waals surface area contributed by atoms with E-state index in [1.54, 1.807) is 24.3 Å². The number of carbonyl (C=O) groups is 3. The molecule has 3 aromatic rings. The van der Waals surface area contributed by atoms with Crippen molar-refractivity contribution in [3.05, 3.63) is 70.9 Å². The van der Waals surface area contributed by atoms with Crippen LogP contribution in [0.2, 0.25) is 0 Å². The van der Waals surface area contributed by atoms with Crippen LogP contribution in [0.3, 0.4) is 0 Å². The summed E-state index contributed by atoms with van der Waals surface area (Å²) in [5, 5.41) is 3.44. The number of fused-ring (bicyclic) bond motifs is 2. The molecule has 0 fully saturated rings. The van der Waals surface area contributed by atoms with Crippen molar-refractivity contribution in [2.45, 2.75) is 47.0 Å². The van der Waals surface area contributed by atoms with Gasteiger partial charge in [-0.15, -0.1) is 0 Å². The van der Waals surface area contributed by atoms with Crippen LogP contribution < -0.4 is 5.32 Å². The van der Waals surface area contributed by atoms with Gasteiger partial charge in [0.1, 0.15) is 0 Å². The fourth-order valence-corrected chi connectivity index (χ4v) is 4.58. The number of nitrogens with one attached hydrogen (secondary N) is 1. The maximum absolute atomic E-state index is 13.3. The number of ketones is 1. The number of ether oxygens (including phenoxy) is 1. The molecule has 1 aromatic heterocycles. The molecule has 0 saturated heterocycles. The first-order valence-corrected chi connectivity index (χ1v) is 11.6. The highest BCUT2D eigenvalue weighted by atomic mass is 16.5. The summed E-state index contributed by atoms with van der Waals surface area (Å²) in [5.41, 5.74) is 4.24. The molecule has 1 aliphatic carbocycles. The zero-order valence-electron chi connectivity index (χ0n) is 20.1. The van der Waals surface area contributed by atoms with E-state index in [0.29, 0.717) is 22.7 Å². The van der Waals surface area contributed by atoms with E-state index < -0.39 is 18.5 Å². The predicted molar refractivity (Wildman–Crippen MR) is 132 cm³/mol. The number of rotatable bonds is 5. The lowest BCUT2D eigenvalue weighted by atomic mass is 9.70. The Kier molecular flexibility index (Phi) is 6.51. The molecule has 4 rings (SSSR count). The lowest BCUT2D eigenvalue weighted by molar-refractivity contribution is -0.119. The maximum Gasteiger partial charge on any atom is 0.339 e. The van der Waals surface area contributed by atoms with E-state index in [2.05, 4.69) is 26.1 Å². The largest absolute Gasteiger partial charge is 0.452 e. The second-order valence-corrected chi connectivity index (χ2v) is 10.00. The van der Waals surface area contributed by atoms with Crippen molar-refractivity contribution in [3.63, 3.8) is 0 Å². The second kappa shape index (κ2) is 9.37. The SMILES string of the molecule is CC(=O)c1cccc(NC(=O)COC(=O)c2c3c(nc4ccccc24)CC[C@@H](C(C)(C)C)C3)c1. The molecule has 1 aliphatic rings. The minimum atomic E-state index is -0.517. The van der Waals surface area contributed by atoms with E-state index in [-0.39, 0.29) is 11.2 Å². The number of carbonyl (C=O) groups excluding carboxylic acids is 3. The summed E-state index contributed by atoms with van der Waals surface area (Å²) in [6.45, 7) is 7.71. The van der Waals surface area contributed by atoms with Gasteiger partial charge in [0, 0.05) is 22.3 Å². The minimum Gasteiger partial charge on any atom is -0.452 e. The number of Topliss-reactive ketones (excluding diaryl/α,β-unsaturated/α-hetero) is 1. The monoisotopic (exact) mass is 458 g/mol. The number of para-hydroxylation sites is 1. The molecule has 1 amide bonds. The topological polar surface area (TPSA) is 85.4 Å². The molecule has 0 unspecified atom stereocenters. The summed E-state index contributed by atoms with van der Waals surface area (Å²) in [5.74, 6) is -0.650. The summed E-state index contributed by atoms with van der Waals surface area (Å²) < 4.78 is 5.49. The number of aromatic nitrogens is 1. The fraction of sp³-hybridized carbons (Fsp3) is 0.357. The first-order valence-electron chi connectivity index (χ1n) is 11.6. The first-order chi connectivity index (χ1) is 16.1. The second-order valence-electron chi connectivity index (χ2n) is 10.00. The Hall–Kier alpha value is -3.54. The predicted octanol–water partition coefficient (Wildman–Crippen LogP) is 5.38.